The molecule has 0 heterocycles. The number of hydrogen-bond acceptors (Lipinski definition) is 2. The smallest absolute Gasteiger partial charge is 0.0406 e. The number of nitrogens with zero attached hydrogens (tertiary/aromatic N) is 1. The highest BCUT2D eigenvalue weighted by molar-refractivity contribution is 6.30. The van der Waals surface area contributed by atoms with Gasteiger partial charge < -0.3 is 10.2 Å². The number of anilines is 1. The van der Waals surface area contributed by atoms with E-state index in [1.807, 2.05) is 38.4 Å². The minimum absolute atomic E-state index is 0.781. The Morgan fingerprint density at radius 2 is 1.32 bits per heavy atom. The molecule has 2 rings (SSSR count). The van der Waals surface area contributed by atoms with Crippen molar-refractivity contribution >= 4 is 17.3 Å². The van der Waals surface area contributed by atoms with Gasteiger partial charge in [-0.1, -0.05) is 35.9 Å². The summed E-state index contributed by atoms with van der Waals surface area (Å²) in [4.78, 5) is 2.10. The van der Waals surface area contributed by atoms with E-state index in [1.54, 1.807) is 0 Å². The lowest BCUT2D eigenvalue weighted by Crippen LogP contribution is -2.13. The van der Waals surface area contributed by atoms with Crippen LogP contribution in [-0.2, 0) is 13.1 Å². The van der Waals surface area contributed by atoms with Gasteiger partial charge in [0, 0.05) is 37.9 Å². The van der Waals surface area contributed by atoms with Crippen LogP contribution in [0.3, 0.4) is 0 Å². The number of rotatable bonds is 5. The molecule has 0 aliphatic carbocycles. The quantitative estimate of drug-likeness (QED) is 0.894. The SMILES string of the molecule is CN(C)c1ccc(CNCc2ccc(Cl)cc2)cc1. The van der Waals surface area contributed by atoms with Gasteiger partial charge in [-0.3, -0.25) is 0 Å². The maximum atomic E-state index is 5.86. The van der Waals surface area contributed by atoms with E-state index in [4.69, 9.17) is 11.6 Å². The van der Waals surface area contributed by atoms with Gasteiger partial charge in [-0.15, -0.1) is 0 Å². The largest absolute Gasteiger partial charge is 0.378 e. The van der Waals surface area contributed by atoms with Crippen molar-refractivity contribution in [1.82, 2.24) is 5.32 Å². The van der Waals surface area contributed by atoms with Crippen LogP contribution in [0.1, 0.15) is 11.1 Å². The second kappa shape index (κ2) is 6.60. The zero-order valence-corrected chi connectivity index (χ0v) is 12.1. The summed E-state index contributed by atoms with van der Waals surface area (Å²) >= 11 is 5.86. The summed E-state index contributed by atoms with van der Waals surface area (Å²) in [6.07, 6.45) is 0. The van der Waals surface area contributed by atoms with Gasteiger partial charge in [0.1, 0.15) is 0 Å². The van der Waals surface area contributed by atoms with Crippen LogP contribution in [-0.4, -0.2) is 14.1 Å². The highest BCUT2D eigenvalue weighted by atomic mass is 35.5. The molecule has 0 aliphatic rings. The lowest BCUT2D eigenvalue weighted by Gasteiger charge is -2.13. The van der Waals surface area contributed by atoms with Gasteiger partial charge in [-0.25, -0.2) is 0 Å². The number of halogens is 1. The van der Waals surface area contributed by atoms with E-state index in [9.17, 15) is 0 Å². The summed E-state index contributed by atoms with van der Waals surface area (Å²) in [6.45, 7) is 1.73. The predicted molar refractivity (Wildman–Crippen MR) is 82.8 cm³/mol. The van der Waals surface area contributed by atoms with E-state index >= 15 is 0 Å². The van der Waals surface area contributed by atoms with Crippen LogP contribution in [0.5, 0.6) is 0 Å². The average Bonchev–Trinajstić information content (AvgIpc) is 2.41. The van der Waals surface area contributed by atoms with Crippen LogP contribution in [0.4, 0.5) is 5.69 Å². The van der Waals surface area contributed by atoms with Crippen molar-refractivity contribution < 1.29 is 0 Å². The molecule has 0 unspecified atom stereocenters. The summed E-state index contributed by atoms with van der Waals surface area (Å²) in [5.41, 5.74) is 3.76. The molecule has 0 aliphatic heterocycles. The molecule has 0 saturated carbocycles. The predicted octanol–water partition coefficient (Wildman–Crippen LogP) is 3.70. The normalized spacial score (nSPS) is 10.5. The van der Waals surface area contributed by atoms with Crippen molar-refractivity contribution in [2.75, 3.05) is 19.0 Å². The standard InChI is InChI=1S/C16H19ClN2/c1-19(2)16-9-5-14(6-10-16)12-18-11-13-3-7-15(17)8-4-13/h3-10,18H,11-12H2,1-2H3. The minimum Gasteiger partial charge on any atom is -0.378 e. The molecule has 1 N–H and O–H groups in total. The van der Waals surface area contributed by atoms with Crippen molar-refractivity contribution in [3.63, 3.8) is 0 Å². The molecule has 2 aromatic rings. The molecule has 100 valence electrons. The molecule has 0 amide bonds. The van der Waals surface area contributed by atoms with Crippen LogP contribution in [0.2, 0.25) is 5.02 Å². The van der Waals surface area contributed by atoms with Crippen molar-refractivity contribution in [3.8, 4) is 0 Å². The monoisotopic (exact) mass is 274 g/mol. The van der Waals surface area contributed by atoms with Crippen molar-refractivity contribution in [2.24, 2.45) is 0 Å². The Morgan fingerprint density at radius 1 is 0.842 bits per heavy atom. The van der Waals surface area contributed by atoms with Crippen molar-refractivity contribution in [2.45, 2.75) is 13.1 Å². The fourth-order valence-corrected chi connectivity index (χ4v) is 1.99. The molecule has 2 aromatic carbocycles. The first-order valence-electron chi connectivity index (χ1n) is 6.36. The van der Waals surface area contributed by atoms with Gasteiger partial charge >= 0.3 is 0 Å². The van der Waals surface area contributed by atoms with Gasteiger partial charge in [0.2, 0.25) is 0 Å². The summed E-state index contributed by atoms with van der Waals surface area (Å²) < 4.78 is 0. The van der Waals surface area contributed by atoms with Gasteiger partial charge in [-0.2, -0.15) is 0 Å². The van der Waals surface area contributed by atoms with E-state index in [1.165, 1.54) is 16.8 Å². The highest BCUT2D eigenvalue weighted by Crippen LogP contribution is 2.12. The first-order chi connectivity index (χ1) is 9.15. The van der Waals surface area contributed by atoms with E-state index in [-0.39, 0.29) is 0 Å². The Hall–Kier alpha value is -1.51. The number of hydrogen-bond donors (Lipinski definition) is 1. The first kappa shape index (κ1) is 13.9. The van der Waals surface area contributed by atoms with Crippen LogP contribution in [0.15, 0.2) is 48.5 Å². The summed E-state index contributed by atoms with van der Waals surface area (Å²) in [6, 6.07) is 16.5. The Labute approximate surface area is 120 Å². The highest BCUT2D eigenvalue weighted by Gasteiger charge is 1.97. The summed E-state index contributed by atoms with van der Waals surface area (Å²) in [5, 5.41) is 4.21. The molecule has 3 heteroatoms. The number of nitrogens with one attached hydrogen (secondary N) is 1. The molecular formula is C16H19ClN2. The van der Waals surface area contributed by atoms with Crippen LogP contribution in [0, 0.1) is 0 Å². The molecule has 0 spiro atoms. The van der Waals surface area contributed by atoms with Crippen LogP contribution >= 0.6 is 11.6 Å². The van der Waals surface area contributed by atoms with Crippen molar-refractivity contribution in [3.05, 3.63) is 64.7 Å². The molecule has 0 bridgehead atoms. The second-order valence-electron chi connectivity index (χ2n) is 4.79. The fourth-order valence-electron chi connectivity index (χ4n) is 1.87. The molecule has 19 heavy (non-hydrogen) atoms. The molecule has 0 radical (unpaired) electrons. The Bertz CT molecular complexity index is 503. The molecule has 2 nitrogen and oxygen atoms in total. The Morgan fingerprint density at radius 3 is 1.79 bits per heavy atom. The average molecular weight is 275 g/mol. The molecular weight excluding hydrogens is 256 g/mol. The van der Waals surface area contributed by atoms with Crippen LogP contribution < -0.4 is 10.2 Å². The third-order valence-corrected chi connectivity index (χ3v) is 3.28. The molecule has 0 saturated heterocycles. The van der Waals surface area contributed by atoms with E-state index in [2.05, 4.69) is 34.5 Å². The Balaban J connectivity index is 1.83. The van der Waals surface area contributed by atoms with E-state index in [0.29, 0.717) is 0 Å². The summed E-state index contributed by atoms with van der Waals surface area (Å²) in [5.74, 6) is 0. The van der Waals surface area contributed by atoms with Gasteiger partial charge in [0.05, 0.1) is 0 Å². The van der Waals surface area contributed by atoms with E-state index < -0.39 is 0 Å². The Kier molecular flexibility index (Phi) is 4.83. The van der Waals surface area contributed by atoms with Crippen LogP contribution in [0.25, 0.3) is 0 Å². The fraction of sp³-hybridized carbons (Fsp3) is 0.250. The lowest BCUT2D eigenvalue weighted by atomic mass is 10.2. The zero-order chi connectivity index (χ0) is 13.7. The zero-order valence-electron chi connectivity index (χ0n) is 11.4. The molecule has 0 aromatic heterocycles. The maximum absolute atomic E-state index is 5.86. The van der Waals surface area contributed by atoms with E-state index in [0.717, 1.165) is 18.1 Å². The third-order valence-electron chi connectivity index (χ3n) is 3.02. The molecule has 0 fully saturated rings. The summed E-state index contributed by atoms with van der Waals surface area (Å²) in [7, 11) is 4.10. The lowest BCUT2D eigenvalue weighted by molar-refractivity contribution is 0.693. The number of benzene rings is 2. The maximum Gasteiger partial charge on any atom is 0.0406 e. The molecule has 0 atom stereocenters. The third kappa shape index (κ3) is 4.27. The first-order valence-corrected chi connectivity index (χ1v) is 6.74. The van der Waals surface area contributed by atoms with Crippen molar-refractivity contribution in [1.29, 1.82) is 0 Å². The topological polar surface area (TPSA) is 15.3 Å². The van der Waals surface area contributed by atoms with Gasteiger partial charge in [-0.05, 0) is 35.4 Å². The minimum atomic E-state index is 0.781. The van der Waals surface area contributed by atoms with Gasteiger partial charge in [0.15, 0.2) is 0 Å². The second-order valence-corrected chi connectivity index (χ2v) is 5.23. The van der Waals surface area contributed by atoms with Gasteiger partial charge in [0.25, 0.3) is 0 Å².